The molecule has 0 radical (unpaired) electrons. The Balaban J connectivity index is 0.00000218. The molecule has 1 aromatic rings. The van der Waals surface area contributed by atoms with E-state index in [1.807, 2.05) is 24.3 Å². The number of ether oxygens (including phenoxy) is 1. The highest BCUT2D eigenvalue weighted by Gasteiger charge is 2.27. The van der Waals surface area contributed by atoms with Crippen molar-refractivity contribution in [2.75, 3.05) is 32.1 Å². The second-order valence-electron chi connectivity index (χ2n) is 7.02. The van der Waals surface area contributed by atoms with Crippen LogP contribution in [-0.2, 0) is 14.3 Å². The van der Waals surface area contributed by atoms with Crippen LogP contribution in [0.1, 0.15) is 44.1 Å². The van der Waals surface area contributed by atoms with Crippen molar-refractivity contribution in [1.29, 1.82) is 0 Å². The maximum Gasteiger partial charge on any atom is 0.306 e. The van der Waals surface area contributed by atoms with E-state index in [0.717, 1.165) is 18.5 Å². The van der Waals surface area contributed by atoms with Gasteiger partial charge in [-0.25, -0.2) is 0 Å². The van der Waals surface area contributed by atoms with Crippen LogP contribution in [0.2, 0.25) is 0 Å². The molecule has 8 nitrogen and oxygen atoms in total. The van der Waals surface area contributed by atoms with Crippen LogP contribution in [0.5, 0.6) is 0 Å². The summed E-state index contributed by atoms with van der Waals surface area (Å²) in [5.41, 5.74) is 12.4. The zero-order chi connectivity index (χ0) is 22.5. The Morgan fingerprint density at radius 3 is 2.30 bits per heavy atom. The fourth-order valence-corrected chi connectivity index (χ4v) is 3.50. The van der Waals surface area contributed by atoms with Gasteiger partial charge < -0.3 is 26.2 Å². The van der Waals surface area contributed by atoms with Crippen LogP contribution in [0, 0.1) is 5.92 Å². The fraction of sp³-hybridized carbons (Fsp3) is 0.500. The molecule has 1 amide bonds. The Morgan fingerprint density at radius 2 is 1.80 bits per heavy atom. The van der Waals surface area contributed by atoms with Gasteiger partial charge in [0.2, 0.25) is 0 Å². The first-order valence-corrected chi connectivity index (χ1v) is 10.1. The molecule has 166 valence electrons. The number of amides is 1. The van der Waals surface area contributed by atoms with Crippen molar-refractivity contribution in [2.24, 2.45) is 22.4 Å². The summed E-state index contributed by atoms with van der Waals surface area (Å²) in [6, 6.07) is 7.90. The Bertz CT molecular complexity index is 723. The number of hydrogen-bond donors (Lipinski definition) is 3. The summed E-state index contributed by atoms with van der Waals surface area (Å²) >= 11 is 0. The highest BCUT2D eigenvalue weighted by Crippen LogP contribution is 2.36. The first-order chi connectivity index (χ1) is 14.5. The summed E-state index contributed by atoms with van der Waals surface area (Å²) in [5, 5.41) is 9.14. The number of hydrogen-bond acceptors (Lipinski definition) is 6. The number of rotatable bonds is 8. The molecular formula is C22H34N4O4. The number of benzene rings is 1. The van der Waals surface area contributed by atoms with Crippen LogP contribution in [-0.4, -0.2) is 50.6 Å². The molecule has 0 saturated heterocycles. The predicted octanol–water partition coefficient (Wildman–Crippen LogP) is 2.49. The summed E-state index contributed by atoms with van der Waals surface area (Å²) < 4.78 is 5.26. The minimum absolute atomic E-state index is 0.172. The number of nitrogens with two attached hydrogens (primary N) is 2. The zero-order valence-electron chi connectivity index (χ0n) is 18.1. The largest absolute Gasteiger partial charge is 0.482 e. The van der Waals surface area contributed by atoms with Crippen molar-refractivity contribution < 1.29 is 19.4 Å². The fourth-order valence-electron chi connectivity index (χ4n) is 3.50. The number of carbonyl (C=O) groups is 2. The number of nitrogens with zero attached hydrogens (tertiary/aromatic N) is 2. The molecule has 8 heteroatoms. The highest BCUT2D eigenvalue weighted by atomic mass is 16.5. The summed E-state index contributed by atoms with van der Waals surface area (Å²) in [4.78, 5) is 29.2. The lowest BCUT2D eigenvalue weighted by Crippen LogP contribution is -2.34. The molecule has 1 saturated carbocycles. The van der Waals surface area contributed by atoms with Gasteiger partial charge in [-0.15, -0.1) is 0 Å². The summed E-state index contributed by atoms with van der Waals surface area (Å²) in [6.07, 6.45) is 5.83. The molecule has 0 unspecified atom stereocenters. The van der Waals surface area contributed by atoms with Crippen LogP contribution >= 0.6 is 0 Å². The molecule has 1 fully saturated rings. The van der Waals surface area contributed by atoms with Gasteiger partial charge in [-0.1, -0.05) is 12.1 Å². The van der Waals surface area contributed by atoms with Crippen molar-refractivity contribution in [3.8, 4) is 0 Å². The molecule has 0 atom stereocenters. The van der Waals surface area contributed by atoms with Crippen LogP contribution in [0.3, 0.4) is 0 Å². The van der Waals surface area contributed by atoms with E-state index >= 15 is 0 Å². The highest BCUT2D eigenvalue weighted by molar-refractivity contribution is 6.05. The summed E-state index contributed by atoms with van der Waals surface area (Å²) in [7, 11) is 3.12. The van der Waals surface area contributed by atoms with E-state index in [2.05, 4.69) is 10.7 Å². The van der Waals surface area contributed by atoms with Crippen molar-refractivity contribution >= 4 is 24.0 Å². The van der Waals surface area contributed by atoms with E-state index in [9.17, 15) is 9.59 Å². The number of aliphatic carboxylic acids is 1. The number of carbonyl (C=O) groups excluding carboxylic acids is 1. The van der Waals surface area contributed by atoms with Crippen LogP contribution in [0.25, 0.3) is 0 Å². The Morgan fingerprint density at radius 1 is 1.20 bits per heavy atom. The van der Waals surface area contributed by atoms with Gasteiger partial charge in [0.1, 0.15) is 6.61 Å². The maximum absolute atomic E-state index is 12.7. The molecule has 5 N–H and O–H groups in total. The normalized spacial score (nSPS) is 19.0. The van der Waals surface area contributed by atoms with E-state index in [-0.39, 0.29) is 11.8 Å². The molecule has 30 heavy (non-hydrogen) atoms. The van der Waals surface area contributed by atoms with E-state index in [0.29, 0.717) is 37.5 Å². The van der Waals surface area contributed by atoms with Crippen molar-refractivity contribution in [2.45, 2.75) is 38.5 Å². The van der Waals surface area contributed by atoms with Gasteiger partial charge in [0.05, 0.1) is 12.5 Å². The summed E-state index contributed by atoms with van der Waals surface area (Å²) in [5.74, 6) is -0.722. The van der Waals surface area contributed by atoms with Crippen LogP contribution in [0.15, 0.2) is 41.0 Å². The number of anilines is 1. The average Bonchev–Trinajstić information content (AvgIpc) is 2.80. The molecule has 0 heterocycles. The van der Waals surface area contributed by atoms with Gasteiger partial charge in [0, 0.05) is 24.5 Å². The Hall–Kier alpha value is -2.87. The van der Waals surface area contributed by atoms with Gasteiger partial charge in [-0.05, 0) is 63.3 Å². The van der Waals surface area contributed by atoms with E-state index in [1.165, 1.54) is 25.2 Å². The zero-order valence-corrected chi connectivity index (χ0v) is 18.1. The average molecular weight is 419 g/mol. The maximum atomic E-state index is 12.7. The first-order valence-electron chi connectivity index (χ1n) is 10.1. The van der Waals surface area contributed by atoms with E-state index in [4.69, 9.17) is 15.6 Å². The number of carboxylic acid groups (broad SMARTS) is 1. The number of aliphatic imine (C=N–C) groups is 1. The van der Waals surface area contributed by atoms with Crippen LogP contribution in [0.4, 0.5) is 5.69 Å². The lowest BCUT2D eigenvalue weighted by molar-refractivity contribution is -0.142. The van der Waals surface area contributed by atoms with Gasteiger partial charge in [-0.3, -0.25) is 14.6 Å². The molecule has 0 spiro atoms. The quantitative estimate of drug-likeness (QED) is 0.257. The molecule has 0 aliphatic heterocycles. The molecule has 1 aliphatic rings. The van der Waals surface area contributed by atoms with Gasteiger partial charge in [-0.2, -0.15) is 0 Å². The first kappa shape index (κ1) is 25.2. The van der Waals surface area contributed by atoms with Crippen LogP contribution < -0.4 is 16.4 Å². The molecule has 0 bridgehead atoms. The van der Waals surface area contributed by atoms with E-state index < -0.39 is 5.97 Å². The smallest absolute Gasteiger partial charge is 0.306 e. The van der Waals surface area contributed by atoms with Gasteiger partial charge >= 0.3 is 5.97 Å². The third-order valence-electron chi connectivity index (χ3n) is 5.20. The molecule has 1 aliphatic carbocycles. The third kappa shape index (κ3) is 7.18. The monoisotopic (exact) mass is 418 g/mol. The second kappa shape index (κ2) is 13.4. The predicted molar refractivity (Wildman–Crippen MR) is 120 cm³/mol. The lowest BCUT2D eigenvalue weighted by atomic mass is 9.79. The number of carboxylic acids is 1. The Kier molecular flexibility index (Phi) is 11.2. The second-order valence-corrected chi connectivity index (χ2v) is 7.02. The van der Waals surface area contributed by atoms with E-state index in [1.54, 1.807) is 18.9 Å². The van der Waals surface area contributed by atoms with Crippen molar-refractivity contribution in [3.63, 3.8) is 0 Å². The summed E-state index contributed by atoms with van der Waals surface area (Å²) in [6.45, 7) is 2.37. The molecule has 0 aromatic heterocycles. The molecule has 2 rings (SSSR count). The lowest BCUT2D eigenvalue weighted by Gasteiger charge is -2.27. The third-order valence-corrected chi connectivity index (χ3v) is 5.20. The van der Waals surface area contributed by atoms with Gasteiger partial charge in [0.25, 0.3) is 5.91 Å². The molecule has 1 aromatic carbocycles. The van der Waals surface area contributed by atoms with Gasteiger partial charge in [0.15, 0.2) is 6.40 Å². The topological polar surface area (TPSA) is 131 Å². The minimum atomic E-state index is -0.693. The van der Waals surface area contributed by atoms with Crippen molar-refractivity contribution in [3.05, 3.63) is 41.6 Å². The SMILES string of the molecule is CN.CN=COCCN(C(=O)/C(C)=C/N)c1ccc(C2CCC(C(=O)O)CC2)cc1. The standard InChI is InChI=1S/C21H29N3O4.CH5N/c1-15(13-22)20(25)24(11-12-28-14-23-2)19-9-7-17(8-10-19)16-3-5-18(6-4-16)21(26)27;1-2/h7-10,13-14,16,18H,3-6,11-12,22H2,1-2H3,(H,26,27);2H2,1H3/b15-13+,23-14?;. The van der Waals surface area contributed by atoms with Crippen molar-refractivity contribution in [1.82, 2.24) is 0 Å². The minimum Gasteiger partial charge on any atom is -0.482 e. The Labute approximate surface area is 178 Å². The molecular weight excluding hydrogens is 384 g/mol.